The van der Waals surface area contributed by atoms with E-state index < -0.39 is 15.9 Å². The van der Waals surface area contributed by atoms with Gasteiger partial charge in [0, 0.05) is 5.56 Å². The fourth-order valence-corrected chi connectivity index (χ4v) is 3.12. The molecule has 0 aromatic heterocycles. The maximum absolute atomic E-state index is 12.3. The smallest absolute Gasteiger partial charge is 0.266 e. The molecule has 0 aliphatic heterocycles. The quantitative estimate of drug-likeness (QED) is 0.789. The maximum Gasteiger partial charge on any atom is 0.266 e. The number of sulfonamides is 1. The molecule has 0 aliphatic carbocycles. The molecule has 2 aromatic carbocycles. The van der Waals surface area contributed by atoms with E-state index >= 15 is 0 Å². The molecule has 0 heterocycles. The van der Waals surface area contributed by atoms with Crippen LogP contribution in [0, 0.1) is 6.92 Å². The first-order chi connectivity index (χ1) is 11.3. The summed E-state index contributed by atoms with van der Waals surface area (Å²) in [7, 11) is -3.81. The van der Waals surface area contributed by atoms with E-state index in [9.17, 15) is 13.2 Å². The molecule has 0 saturated carbocycles. The molecule has 2 rings (SSSR count). The lowest BCUT2D eigenvalue weighted by molar-refractivity contribution is 0.0944. The minimum atomic E-state index is -3.81. The van der Waals surface area contributed by atoms with Gasteiger partial charge in [-0.2, -0.15) is 0 Å². The molecule has 0 radical (unpaired) electrons. The number of aryl methyl sites for hydroxylation is 1. The van der Waals surface area contributed by atoms with E-state index in [0.29, 0.717) is 11.5 Å². The minimum absolute atomic E-state index is 0.111. The van der Waals surface area contributed by atoms with Crippen molar-refractivity contribution < 1.29 is 13.2 Å². The lowest BCUT2D eigenvalue weighted by Gasteiger charge is -2.12. The first-order valence-corrected chi connectivity index (χ1v) is 9.31. The number of amides is 1. The van der Waals surface area contributed by atoms with E-state index in [1.165, 1.54) is 0 Å². The highest BCUT2D eigenvalue weighted by Crippen LogP contribution is 2.20. The molecule has 5 nitrogen and oxygen atoms in total. The third-order valence-electron chi connectivity index (χ3n) is 4.06. The maximum atomic E-state index is 12.3. The average Bonchev–Trinajstić information content (AvgIpc) is 2.59. The molecule has 0 spiro atoms. The van der Waals surface area contributed by atoms with Crippen molar-refractivity contribution in [2.45, 2.75) is 38.0 Å². The summed E-state index contributed by atoms with van der Waals surface area (Å²) in [6.07, 6.45) is 0.983. The third-order valence-corrected chi connectivity index (χ3v) is 5.32. The summed E-state index contributed by atoms with van der Waals surface area (Å²) in [6, 6.07) is 13.7. The number of hydrogen-bond donors (Lipinski definition) is 2. The van der Waals surface area contributed by atoms with Gasteiger partial charge in [0.1, 0.15) is 0 Å². The summed E-state index contributed by atoms with van der Waals surface area (Å²) in [5.74, 6) is -0.122. The Morgan fingerprint density at radius 2 is 1.71 bits per heavy atom. The van der Waals surface area contributed by atoms with Crippen LogP contribution in [0.3, 0.4) is 0 Å². The number of carbonyl (C=O) groups excluding carboxylic acids is 1. The zero-order valence-corrected chi connectivity index (χ0v) is 14.9. The molecule has 1 atom stereocenters. The Balaban J connectivity index is 2.09. The lowest BCUT2D eigenvalue weighted by atomic mass is 9.99. The van der Waals surface area contributed by atoms with Gasteiger partial charge in [-0.3, -0.25) is 10.2 Å². The Morgan fingerprint density at radius 3 is 2.29 bits per heavy atom. The first-order valence-electron chi connectivity index (χ1n) is 7.83. The second kappa shape index (κ2) is 7.59. The van der Waals surface area contributed by atoms with Gasteiger partial charge in [0.25, 0.3) is 15.9 Å². The second-order valence-corrected chi connectivity index (χ2v) is 7.44. The van der Waals surface area contributed by atoms with Gasteiger partial charge in [-0.15, -0.1) is 4.83 Å². The van der Waals surface area contributed by atoms with Crippen LogP contribution in [0.4, 0.5) is 0 Å². The Morgan fingerprint density at radius 1 is 1.08 bits per heavy atom. The Hall–Kier alpha value is -2.18. The summed E-state index contributed by atoms with van der Waals surface area (Å²) < 4.78 is 24.6. The van der Waals surface area contributed by atoms with Crippen molar-refractivity contribution in [3.63, 3.8) is 0 Å². The number of carbonyl (C=O) groups is 1. The largest absolute Gasteiger partial charge is 0.273 e. The van der Waals surface area contributed by atoms with E-state index in [2.05, 4.69) is 24.1 Å². The minimum Gasteiger partial charge on any atom is -0.273 e. The highest BCUT2D eigenvalue weighted by atomic mass is 32.2. The summed E-state index contributed by atoms with van der Waals surface area (Å²) in [4.78, 5) is 14.3. The zero-order valence-electron chi connectivity index (χ0n) is 14.0. The molecule has 2 aromatic rings. The van der Waals surface area contributed by atoms with Crippen LogP contribution in [0.1, 0.15) is 47.7 Å². The van der Waals surface area contributed by atoms with Crippen LogP contribution < -0.4 is 10.3 Å². The molecule has 0 fully saturated rings. The molecule has 0 unspecified atom stereocenters. The predicted octanol–water partition coefficient (Wildman–Crippen LogP) is 3.13. The molecule has 0 bridgehead atoms. The van der Waals surface area contributed by atoms with Gasteiger partial charge in [0.2, 0.25) is 0 Å². The second-order valence-electron chi connectivity index (χ2n) is 5.75. The highest BCUT2D eigenvalue weighted by Gasteiger charge is 2.16. The molecule has 2 N–H and O–H groups in total. The van der Waals surface area contributed by atoms with Gasteiger partial charge in [-0.25, -0.2) is 8.42 Å². The molecule has 0 aliphatic rings. The van der Waals surface area contributed by atoms with Gasteiger partial charge in [0.15, 0.2) is 0 Å². The first kappa shape index (κ1) is 18.2. The highest BCUT2D eigenvalue weighted by molar-refractivity contribution is 7.89. The molecule has 6 heteroatoms. The van der Waals surface area contributed by atoms with Crippen LogP contribution in [0.2, 0.25) is 0 Å². The molecule has 24 heavy (non-hydrogen) atoms. The standard InChI is InChI=1S/C18H22N2O3S/c1-4-13(2)15-9-11-16(12-10-15)24(22,23)20-19-18(21)17-8-6-5-7-14(17)3/h5-13,20H,4H2,1-3H3,(H,19,21)/t13-/m1/s1. The molecular formula is C18H22N2O3S. The van der Waals surface area contributed by atoms with Gasteiger partial charge in [-0.1, -0.05) is 44.2 Å². The van der Waals surface area contributed by atoms with E-state index in [0.717, 1.165) is 17.5 Å². The Kier molecular flexibility index (Phi) is 5.75. The fraction of sp³-hybridized carbons (Fsp3) is 0.278. The van der Waals surface area contributed by atoms with Crippen molar-refractivity contribution >= 4 is 15.9 Å². The average molecular weight is 346 g/mol. The predicted molar refractivity (Wildman–Crippen MR) is 94.1 cm³/mol. The van der Waals surface area contributed by atoms with Gasteiger partial charge < -0.3 is 0 Å². The van der Waals surface area contributed by atoms with Crippen molar-refractivity contribution in [2.24, 2.45) is 0 Å². The van der Waals surface area contributed by atoms with E-state index in [-0.39, 0.29) is 4.90 Å². The van der Waals surface area contributed by atoms with Crippen molar-refractivity contribution in [1.29, 1.82) is 0 Å². The number of nitrogens with one attached hydrogen (secondary N) is 2. The molecule has 128 valence electrons. The van der Waals surface area contributed by atoms with Crippen molar-refractivity contribution in [1.82, 2.24) is 10.3 Å². The van der Waals surface area contributed by atoms with Crippen LogP contribution in [0.15, 0.2) is 53.4 Å². The normalized spacial score (nSPS) is 12.6. The molecule has 1 amide bonds. The SMILES string of the molecule is CC[C@@H](C)c1ccc(S(=O)(=O)NNC(=O)c2ccccc2C)cc1. The van der Waals surface area contributed by atoms with E-state index in [1.54, 1.807) is 49.4 Å². The fourth-order valence-electron chi connectivity index (χ4n) is 2.28. The van der Waals surface area contributed by atoms with Crippen molar-refractivity contribution in [3.05, 3.63) is 65.2 Å². The van der Waals surface area contributed by atoms with Crippen LogP contribution >= 0.6 is 0 Å². The van der Waals surface area contributed by atoms with E-state index in [4.69, 9.17) is 0 Å². The third kappa shape index (κ3) is 4.21. The molecule has 0 saturated heterocycles. The number of rotatable bonds is 6. The van der Waals surface area contributed by atoms with Gasteiger partial charge >= 0.3 is 0 Å². The topological polar surface area (TPSA) is 75.3 Å². The zero-order chi connectivity index (χ0) is 17.7. The number of benzene rings is 2. The lowest BCUT2D eigenvalue weighted by Crippen LogP contribution is -2.41. The van der Waals surface area contributed by atoms with Gasteiger partial charge in [0.05, 0.1) is 4.90 Å². The number of hydrogen-bond acceptors (Lipinski definition) is 3. The Labute approximate surface area is 143 Å². The summed E-state index contributed by atoms with van der Waals surface area (Å²) >= 11 is 0. The molecular weight excluding hydrogens is 324 g/mol. The monoisotopic (exact) mass is 346 g/mol. The van der Waals surface area contributed by atoms with Crippen LogP contribution in [0.5, 0.6) is 0 Å². The van der Waals surface area contributed by atoms with E-state index in [1.807, 2.05) is 6.07 Å². The van der Waals surface area contributed by atoms with Crippen LogP contribution in [-0.2, 0) is 10.0 Å². The Bertz CT molecular complexity index is 814. The van der Waals surface area contributed by atoms with Crippen molar-refractivity contribution in [3.8, 4) is 0 Å². The van der Waals surface area contributed by atoms with Crippen molar-refractivity contribution in [2.75, 3.05) is 0 Å². The van der Waals surface area contributed by atoms with Crippen LogP contribution in [0.25, 0.3) is 0 Å². The van der Waals surface area contributed by atoms with Crippen LogP contribution in [-0.4, -0.2) is 14.3 Å². The number of hydrazine groups is 1. The summed E-state index contributed by atoms with van der Waals surface area (Å²) in [6.45, 7) is 5.96. The summed E-state index contributed by atoms with van der Waals surface area (Å²) in [5.41, 5.74) is 4.53. The summed E-state index contributed by atoms with van der Waals surface area (Å²) in [5, 5.41) is 0. The van der Waals surface area contributed by atoms with Gasteiger partial charge in [-0.05, 0) is 48.6 Å².